The molecule has 23 heavy (non-hydrogen) atoms. The molecule has 0 aliphatic carbocycles. The van der Waals surface area contributed by atoms with Crippen LogP contribution in [0.4, 0.5) is 4.39 Å². The highest BCUT2D eigenvalue weighted by Crippen LogP contribution is 2.26. The lowest BCUT2D eigenvalue weighted by Crippen LogP contribution is -2.24. The van der Waals surface area contributed by atoms with Crippen LogP contribution >= 0.6 is 0 Å². The van der Waals surface area contributed by atoms with Gasteiger partial charge in [-0.1, -0.05) is 0 Å². The first-order chi connectivity index (χ1) is 10.6. The minimum Gasteiger partial charge on any atom is -0.207 e. The van der Waals surface area contributed by atoms with Crippen LogP contribution in [0.2, 0.25) is 0 Å². The maximum absolute atomic E-state index is 12.9. The standard InChI is InChI=1S/C18H22FNO2S/c1-11-12(2)14(4)18(15(5)13(11)3)10-20-23(21,22)17-8-6-16(19)7-9-17/h6-9,20H,10H2,1-5H3. The molecule has 3 nitrogen and oxygen atoms in total. The summed E-state index contributed by atoms with van der Waals surface area (Å²) in [6, 6.07) is 4.82. The number of hydrogen-bond donors (Lipinski definition) is 1. The summed E-state index contributed by atoms with van der Waals surface area (Å²) >= 11 is 0. The summed E-state index contributed by atoms with van der Waals surface area (Å²) in [6.07, 6.45) is 0. The molecule has 1 N–H and O–H groups in total. The first-order valence-corrected chi connectivity index (χ1v) is 8.94. The smallest absolute Gasteiger partial charge is 0.207 e. The Bertz CT molecular complexity index is 811. The Labute approximate surface area is 137 Å². The van der Waals surface area contributed by atoms with Crippen molar-refractivity contribution in [2.75, 3.05) is 0 Å². The topological polar surface area (TPSA) is 46.2 Å². The van der Waals surface area contributed by atoms with Crippen LogP contribution in [0.25, 0.3) is 0 Å². The Morgan fingerprint density at radius 1 is 0.826 bits per heavy atom. The molecule has 0 saturated heterocycles. The molecule has 0 aromatic heterocycles. The fraction of sp³-hybridized carbons (Fsp3) is 0.333. The first-order valence-electron chi connectivity index (χ1n) is 7.46. The molecule has 0 amide bonds. The third-order valence-electron chi connectivity index (χ3n) is 4.72. The summed E-state index contributed by atoms with van der Waals surface area (Å²) in [6.45, 7) is 10.4. The molecule has 0 radical (unpaired) electrons. The molecule has 0 aliphatic heterocycles. The van der Waals surface area contributed by atoms with Crippen molar-refractivity contribution in [2.24, 2.45) is 0 Å². The van der Waals surface area contributed by atoms with Crippen molar-refractivity contribution in [2.45, 2.75) is 46.1 Å². The molecular weight excluding hydrogens is 313 g/mol. The van der Waals surface area contributed by atoms with Gasteiger partial charge in [0.15, 0.2) is 0 Å². The van der Waals surface area contributed by atoms with Gasteiger partial charge < -0.3 is 0 Å². The van der Waals surface area contributed by atoms with Crippen LogP contribution in [0.5, 0.6) is 0 Å². The van der Waals surface area contributed by atoms with Gasteiger partial charge in [-0.15, -0.1) is 0 Å². The van der Waals surface area contributed by atoms with Crippen LogP contribution in [0.3, 0.4) is 0 Å². The fourth-order valence-electron chi connectivity index (χ4n) is 2.71. The van der Waals surface area contributed by atoms with Crippen molar-refractivity contribution in [3.8, 4) is 0 Å². The second-order valence-corrected chi connectivity index (χ2v) is 7.65. The first kappa shape index (κ1) is 17.6. The minimum absolute atomic E-state index is 0.0646. The van der Waals surface area contributed by atoms with Gasteiger partial charge in [0, 0.05) is 6.54 Å². The van der Waals surface area contributed by atoms with Gasteiger partial charge in [-0.3, -0.25) is 0 Å². The van der Waals surface area contributed by atoms with E-state index in [1.807, 2.05) is 13.8 Å². The van der Waals surface area contributed by atoms with Crippen LogP contribution in [0.1, 0.15) is 33.4 Å². The van der Waals surface area contributed by atoms with E-state index in [4.69, 9.17) is 0 Å². The summed E-state index contributed by atoms with van der Waals surface area (Å²) in [7, 11) is -3.66. The summed E-state index contributed by atoms with van der Waals surface area (Å²) in [5, 5.41) is 0. The maximum Gasteiger partial charge on any atom is 0.240 e. The Kier molecular flexibility index (Phi) is 4.92. The molecule has 2 aromatic carbocycles. The van der Waals surface area contributed by atoms with Gasteiger partial charge in [-0.2, -0.15) is 0 Å². The van der Waals surface area contributed by atoms with Crippen molar-refractivity contribution in [1.29, 1.82) is 0 Å². The molecular formula is C18H22FNO2S. The summed E-state index contributed by atoms with van der Waals surface area (Å²) in [5.41, 5.74) is 6.81. The highest BCUT2D eigenvalue weighted by atomic mass is 32.2. The van der Waals surface area contributed by atoms with E-state index >= 15 is 0 Å². The largest absolute Gasteiger partial charge is 0.240 e. The molecule has 0 atom stereocenters. The number of nitrogens with one attached hydrogen (secondary N) is 1. The lowest BCUT2D eigenvalue weighted by molar-refractivity contribution is 0.580. The SMILES string of the molecule is Cc1c(C)c(C)c(CNS(=O)(=O)c2ccc(F)cc2)c(C)c1C. The zero-order valence-corrected chi connectivity index (χ0v) is 14.9. The van der Waals surface area contributed by atoms with E-state index in [0.29, 0.717) is 0 Å². The van der Waals surface area contributed by atoms with E-state index in [1.54, 1.807) is 0 Å². The highest BCUT2D eigenvalue weighted by molar-refractivity contribution is 7.89. The molecule has 2 rings (SSSR count). The van der Waals surface area contributed by atoms with E-state index in [9.17, 15) is 12.8 Å². The van der Waals surface area contributed by atoms with Gasteiger partial charge >= 0.3 is 0 Å². The van der Waals surface area contributed by atoms with Crippen LogP contribution < -0.4 is 4.72 Å². The molecule has 0 spiro atoms. The van der Waals surface area contributed by atoms with Gasteiger partial charge in [-0.05, 0) is 92.3 Å². The van der Waals surface area contributed by atoms with E-state index in [0.717, 1.165) is 28.8 Å². The average molecular weight is 335 g/mol. The van der Waals surface area contributed by atoms with Crippen LogP contribution in [-0.2, 0) is 16.6 Å². The quantitative estimate of drug-likeness (QED) is 0.922. The molecule has 0 fully saturated rings. The lowest BCUT2D eigenvalue weighted by atomic mass is 9.90. The lowest BCUT2D eigenvalue weighted by Gasteiger charge is -2.19. The summed E-state index contributed by atoms with van der Waals surface area (Å²) < 4.78 is 40.2. The molecule has 5 heteroatoms. The van der Waals surface area contributed by atoms with Crippen molar-refractivity contribution in [3.05, 3.63) is 63.5 Å². The monoisotopic (exact) mass is 335 g/mol. The number of rotatable bonds is 4. The predicted octanol–water partition coefficient (Wildman–Crippen LogP) is 3.85. The van der Waals surface area contributed by atoms with Gasteiger partial charge in [0.1, 0.15) is 5.82 Å². The highest BCUT2D eigenvalue weighted by Gasteiger charge is 2.17. The molecule has 0 aliphatic rings. The number of halogens is 1. The van der Waals surface area contributed by atoms with Gasteiger partial charge in [0.05, 0.1) is 4.90 Å². The molecule has 2 aromatic rings. The van der Waals surface area contributed by atoms with Crippen molar-refractivity contribution >= 4 is 10.0 Å². The zero-order valence-electron chi connectivity index (χ0n) is 14.1. The van der Waals surface area contributed by atoms with Gasteiger partial charge in [0.2, 0.25) is 10.0 Å². The van der Waals surface area contributed by atoms with E-state index in [1.165, 1.54) is 28.8 Å². The number of benzene rings is 2. The summed E-state index contributed by atoms with van der Waals surface area (Å²) in [4.78, 5) is 0.0646. The van der Waals surface area contributed by atoms with Gasteiger partial charge in [-0.25, -0.2) is 17.5 Å². The Hall–Kier alpha value is -1.72. The summed E-state index contributed by atoms with van der Waals surface area (Å²) in [5.74, 6) is -0.458. The third kappa shape index (κ3) is 3.46. The molecule has 0 unspecified atom stereocenters. The Balaban J connectivity index is 2.33. The predicted molar refractivity (Wildman–Crippen MR) is 90.6 cm³/mol. The second-order valence-electron chi connectivity index (χ2n) is 5.88. The van der Waals surface area contributed by atoms with Crippen molar-refractivity contribution < 1.29 is 12.8 Å². The second kappa shape index (κ2) is 6.42. The third-order valence-corrected chi connectivity index (χ3v) is 6.14. The van der Waals surface area contributed by atoms with E-state index < -0.39 is 15.8 Å². The zero-order chi connectivity index (χ0) is 17.4. The Morgan fingerprint density at radius 2 is 1.26 bits per heavy atom. The molecule has 0 saturated carbocycles. The fourth-order valence-corrected chi connectivity index (χ4v) is 3.70. The molecule has 0 bridgehead atoms. The van der Waals surface area contributed by atoms with Crippen molar-refractivity contribution in [3.63, 3.8) is 0 Å². The van der Waals surface area contributed by atoms with Crippen LogP contribution in [0.15, 0.2) is 29.2 Å². The van der Waals surface area contributed by atoms with Gasteiger partial charge in [0.25, 0.3) is 0 Å². The normalized spacial score (nSPS) is 11.7. The van der Waals surface area contributed by atoms with E-state index in [-0.39, 0.29) is 11.4 Å². The molecule has 124 valence electrons. The number of sulfonamides is 1. The Morgan fingerprint density at radius 3 is 1.74 bits per heavy atom. The van der Waals surface area contributed by atoms with Crippen molar-refractivity contribution in [1.82, 2.24) is 4.72 Å². The average Bonchev–Trinajstić information content (AvgIpc) is 2.51. The van der Waals surface area contributed by atoms with E-state index in [2.05, 4.69) is 25.5 Å². The maximum atomic E-state index is 12.9. The number of hydrogen-bond acceptors (Lipinski definition) is 2. The van der Waals surface area contributed by atoms with Crippen LogP contribution in [0, 0.1) is 40.4 Å². The van der Waals surface area contributed by atoms with Crippen LogP contribution in [-0.4, -0.2) is 8.42 Å². The molecule has 0 heterocycles. The minimum atomic E-state index is -3.66.